The summed E-state index contributed by atoms with van der Waals surface area (Å²) in [6.07, 6.45) is 5.58. The fraction of sp³-hybridized carbons (Fsp3) is 0.158. The van der Waals surface area contributed by atoms with Crippen LogP contribution in [0.15, 0.2) is 54.6 Å². The third-order valence-corrected chi connectivity index (χ3v) is 4.41. The van der Waals surface area contributed by atoms with Crippen LogP contribution in [0.3, 0.4) is 0 Å². The molecule has 0 fully saturated rings. The van der Waals surface area contributed by atoms with Crippen molar-refractivity contribution in [2.24, 2.45) is 0 Å². The second-order valence-electron chi connectivity index (χ2n) is 5.14. The van der Waals surface area contributed by atoms with E-state index in [-0.39, 0.29) is 0 Å². The van der Waals surface area contributed by atoms with E-state index in [0.29, 0.717) is 0 Å². The zero-order chi connectivity index (χ0) is 14.7. The molecular formula is C19H18BrN. The second kappa shape index (κ2) is 6.42. The summed E-state index contributed by atoms with van der Waals surface area (Å²) in [4.78, 5) is 0. The van der Waals surface area contributed by atoms with E-state index in [4.69, 9.17) is 0 Å². The Bertz CT molecular complexity index is 713. The summed E-state index contributed by atoms with van der Waals surface area (Å²) in [7, 11) is 1.99. The number of halogens is 1. The Kier molecular flexibility index (Phi) is 4.37. The van der Waals surface area contributed by atoms with E-state index in [2.05, 4.69) is 81.9 Å². The normalized spacial score (nSPS) is 15.1. The molecule has 0 spiro atoms. The number of hydrogen-bond donors (Lipinski definition) is 1. The van der Waals surface area contributed by atoms with Crippen molar-refractivity contribution in [1.29, 1.82) is 0 Å². The van der Waals surface area contributed by atoms with Crippen LogP contribution in [0.25, 0.3) is 16.1 Å². The van der Waals surface area contributed by atoms with E-state index >= 15 is 0 Å². The van der Waals surface area contributed by atoms with Crippen LogP contribution in [0.5, 0.6) is 0 Å². The highest BCUT2D eigenvalue weighted by Crippen LogP contribution is 2.39. The van der Waals surface area contributed by atoms with E-state index in [1.165, 1.54) is 27.8 Å². The van der Waals surface area contributed by atoms with Crippen molar-refractivity contribution in [2.45, 2.75) is 6.42 Å². The van der Waals surface area contributed by atoms with Gasteiger partial charge in [0.15, 0.2) is 0 Å². The molecule has 106 valence electrons. The maximum atomic E-state index is 3.74. The minimum Gasteiger partial charge on any atom is -0.319 e. The molecule has 0 saturated heterocycles. The molecule has 3 rings (SSSR count). The van der Waals surface area contributed by atoms with Crippen LogP contribution in [0.1, 0.15) is 28.7 Å². The van der Waals surface area contributed by atoms with Crippen LogP contribution in [-0.2, 0) is 0 Å². The van der Waals surface area contributed by atoms with Crippen LogP contribution < -0.4 is 5.32 Å². The summed E-state index contributed by atoms with van der Waals surface area (Å²) < 4.78 is 1.14. The number of nitrogens with one attached hydrogen (secondary N) is 1. The summed E-state index contributed by atoms with van der Waals surface area (Å²) in [5, 5.41) is 3.21. The number of fused-ring (bicyclic) bond motifs is 2. The highest BCUT2D eigenvalue weighted by molar-refractivity contribution is 9.15. The fourth-order valence-electron chi connectivity index (χ4n) is 2.73. The molecule has 0 radical (unpaired) electrons. The van der Waals surface area contributed by atoms with Gasteiger partial charge in [0.2, 0.25) is 0 Å². The smallest absolute Gasteiger partial charge is 0.0260 e. The maximum Gasteiger partial charge on any atom is 0.0260 e. The van der Waals surface area contributed by atoms with Crippen LogP contribution in [0, 0.1) is 0 Å². The molecule has 2 aromatic carbocycles. The van der Waals surface area contributed by atoms with Crippen LogP contribution in [0.2, 0.25) is 0 Å². The van der Waals surface area contributed by atoms with Crippen molar-refractivity contribution in [2.75, 3.05) is 13.6 Å². The Morgan fingerprint density at radius 3 is 2.38 bits per heavy atom. The van der Waals surface area contributed by atoms with Crippen LogP contribution in [-0.4, -0.2) is 13.6 Å². The zero-order valence-corrected chi connectivity index (χ0v) is 13.7. The Labute approximate surface area is 134 Å². The lowest BCUT2D eigenvalue weighted by Crippen LogP contribution is -2.06. The lowest BCUT2D eigenvalue weighted by molar-refractivity contribution is 0.808. The molecule has 1 N–H and O–H groups in total. The average molecular weight is 340 g/mol. The van der Waals surface area contributed by atoms with Crippen molar-refractivity contribution in [3.8, 4) is 0 Å². The largest absolute Gasteiger partial charge is 0.319 e. The first kappa shape index (κ1) is 14.3. The predicted molar refractivity (Wildman–Crippen MR) is 95.3 cm³/mol. The first-order valence-corrected chi connectivity index (χ1v) is 8.01. The summed E-state index contributed by atoms with van der Waals surface area (Å²) in [6.45, 7) is 0.989. The Balaban J connectivity index is 2.21. The van der Waals surface area contributed by atoms with Crippen molar-refractivity contribution in [3.63, 3.8) is 0 Å². The molecule has 21 heavy (non-hydrogen) atoms. The Morgan fingerprint density at radius 1 is 0.952 bits per heavy atom. The molecular weight excluding hydrogens is 322 g/mol. The van der Waals surface area contributed by atoms with Crippen LogP contribution >= 0.6 is 15.9 Å². The third-order valence-electron chi connectivity index (χ3n) is 3.75. The van der Waals surface area contributed by atoms with Gasteiger partial charge in [-0.05, 0) is 53.9 Å². The van der Waals surface area contributed by atoms with Gasteiger partial charge >= 0.3 is 0 Å². The minimum atomic E-state index is 0.989. The molecule has 0 amide bonds. The molecule has 2 aromatic rings. The maximum absolute atomic E-state index is 3.74. The van der Waals surface area contributed by atoms with Crippen molar-refractivity contribution in [3.05, 3.63) is 76.9 Å². The van der Waals surface area contributed by atoms with E-state index in [1.807, 2.05) is 7.05 Å². The molecule has 1 nitrogen and oxygen atoms in total. The molecule has 0 aromatic heterocycles. The van der Waals surface area contributed by atoms with Gasteiger partial charge in [-0.3, -0.25) is 0 Å². The summed E-state index contributed by atoms with van der Waals surface area (Å²) in [5.41, 5.74) is 6.43. The van der Waals surface area contributed by atoms with Gasteiger partial charge in [-0.25, -0.2) is 0 Å². The minimum absolute atomic E-state index is 0.989. The van der Waals surface area contributed by atoms with Gasteiger partial charge in [-0.2, -0.15) is 0 Å². The lowest BCUT2D eigenvalue weighted by atomic mass is 9.93. The summed E-state index contributed by atoms with van der Waals surface area (Å²) >= 11 is 3.74. The molecule has 0 heterocycles. The van der Waals surface area contributed by atoms with Gasteiger partial charge in [-0.15, -0.1) is 0 Å². The Hall–Kier alpha value is -1.64. The molecule has 0 unspecified atom stereocenters. The van der Waals surface area contributed by atoms with E-state index < -0.39 is 0 Å². The summed E-state index contributed by atoms with van der Waals surface area (Å²) in [5.74, 6) is 0. The highest BCUT2D eigenvalue weighted by Gasteiger charge is 2.17. The van der Waals surface area contributed by atoms with Gasteiger partial charge in [0, 0.05) is 4.48 Å². The highest BCUT2D eigenvalue weighted by atomic mass is 79.9. The van der Waals surface area contributed by atoms with Crippen LogP contribution in [0.4, 0.5) is 0 Å². The first-order valence-electron chi connectivity index (χ1n) is 7.22. The summed E-state index contributed by atoms with van der Waals surface area (Å²) in [6, 6.07) is 17.2. The predicted octanol–water partition coefficient (Wildman–Crippen LogP) is 4.93. The third kappa shape index (κ3) is 2.87. The standard InChI is InChI=1S/C19H18BrN/c1-21-12-6-11-16-15-8-3-2-7-14(15)13-19(20)18-10-5-4-9-17(16)18/h2-5,7-11,13,21H,6,12H2,1H3/b16-11+. The van der Waals surface area contributed by atoms with Gasteiger partial charge < -0.3 is 5.32 Å². The van der Waals surface area contributed by atoms with Gasteiger partial charge in [0.25, 0.3) is 0 Å². The number of benzene rings is 2. The molecule has 1 aliphatic carbocycles. The first-order chi connectivity index (χ1) is 10.3. The van der Waals surface area contributed by atoms with Crippen molar-refractivity contribution in [1.82, 2.24) is 5.32 Å². The van der Waals surface area contributed by atoms with Gasteiger partial charge in [0.05, 0.1) is 0 Å². The Morgan fingerprint density at radius 2 is 1.62 bits per heavy atom. The number of hydrogen-bond acceptors (Lipinski definition) is 1. The molecule has 2 heteroatoms. The van der Waals surface area contributed by atoms with Gasteiger partial charge in [-0.1, -0.05) is 70.5 Å². The molecule has 0 bridgehead atoms. The molecule has 0 saturated carbocycles. The van der Waals surface area contributed by atoms with E-state index in [0.717, 1.165) is 17.4 Å². The molecule has 1 aliphatic rings. The average Bonchev–Trinajstić information content (AvgIpc) is 2.63. The monoisotopic (exact) mass is 339 g/mol. The van der Waals surface area contributed by atoms with Gasteiger partial charge in [0.1, 0.15) is 0 Å². The topological polar surface area (TPSA) is 12.0 Å². The SMILES string of the molecule is CNCC/C=C1\c2ccccc2C=C(Br)c2ccccc21. The van der Waals surface area contributed by atoms with E-state index in [1.54, 1.807) is 0 Å². The van der Waals surface area contributed by atoms with Crippen molar-refractivity contribution >= 4 is 32.1 Å². The van der Waals surface area contributed by atoms with E-state index in [9.17, 15) is 0 Å². The lowest BCUT2D eigenvalue weighted by Gasteiger charge is -2.12. The quantitative estimate of drug-likeness (QED) is 0.781. The molecule has 0 atom stereocenters. The van der Waals surface area contributed by atoms with Crippen molar-refractivity contribution < 1.29 is 0 Å². The zero-order valence-electron chi connectivity index (χ0n) is 12.1. The number of rotatable bonds is 3. The molecule has 0 aliphatic heterocycles. The fourth-order valence-corrected chi connectivity index (χ4v) is 3.33. The second-order valence-corrected chi connectivity index (χ2v) is 5.99.